The van der Waals surface area contributed by atoms with E-state index in [4.69, 9.17) is 0 Å². The second kappa shape index (κ2) is 8.01. The predicted octanol–water partition coefficient (Wildman–Crippen LogP) is 3.50. The molecule has 1 heteroatoms. The first-order valence-corrected chi connectivity index (χ1v) is 4.86. The van der Waals surface area contributed by atoms with Crippen LogP contribution in [0.2, 0.25) is 0 Å². The SMILES string of the molecule is C.CNC/C(C)=C\C=C\c1ccccc1. The number of benzene rings is 1. The van der Waals surface area contributed by atoms with Gasteiger partial charge >= 0.3 is 0 Å². The summed E-state index contributed by atoms with van der Waals surface area (Å²) in [6.07, 6.45) is 6.32. The molecule has 0 aliphatic carbocycles. The lowest BCUT2D eigenvalue weighted by Gasteiger charge is -1.95. The van der Waals surface area contributed by atoms with Crippen molar-refractivity contribution < 1.29 is 0 Å². The monoisotopic (exact) mass is 203 g/mol. The molecule has 82 valence electrons. The molecule has 0 radical (unpaired) electrons. The third-order valence-corrected chi connectivity index (χ3v) is 1.92. The fourth-order valence-corrected chi connectivity index (χ4v) is 1.23. The van der Waals surface area contributed by atoms with E-state index < -0.39 is 0 Å². The number of likely N-dealkylation sites (N-methyl/N-ethyl adjacent to an activating group) is 1. The van der Waals surface area contributed by atoms with Crippen LogP contribution in [0.1, 0.15) is 19.9 Å². The fourth-order valence-electron chi connectivity index (χ4n) is 1.23. The molecule has 0 saturated heterocycles. The Labute approximate surface area is 93.5 Å². The Bertz CT molecular complexity index is 309. The number of rotatable bonds is 4. The lowest BCUT2D eigenvalue weighted by molar-refractivity contribution is 0.880. The van der Waals surface area contributed by atoms with Gasteiger partial charge in [0.25, 0.3) is 0 Å². The van der Waals surface area contributed by atoms with Crippen molar-refractivity contribution in [1.82, 2.24) is 5.32 Å². The Kier molecular flexibility index (Phi) is 7.29. The Morgan fingerprint density at radius 3 is 2.53 bits per heavy atom. The first-order valence-electron chi connectivity index (χ1n) is 4.86. The highest BCUT2D eigenvalue weighted by molar-refractivity contribution is 5.50. The van der Waals surface area contributed by atoms with E-state index in [1.165, 1.54) is 11.1 Å². The van der Waals surface area contributed by atoms with Crippen LogP contribution in [0, 0.1) is 0 Å². The average molecular weight is 203 g/mol. The molecule has 1 rings (SSSR count). The fraction of sp³-hybridized carbons (Fsp3) is 0.286. The molecule has 1 N–H and O–H groups in total. The van der Waals surface area contributed by atoms with E-state index in [-0.39, 0.29) is 7.43 Å². The molecule has 0 aromatic heterocycles. The molecule has 0 amide bonds. The van der Waals surface area contributed by atoms with Gasteiger partial charge in [-0.25, -0.2) is 0 Å². The third kappa shape index (κ3) is 5.87. The van der Waals surface area contributed by atoms with Gasteiger partial charge in [-0.15, -0.1) is 0 Å². The molecule has 0 fully saturated rings. The van der Waals surface area contributed by atoms with Gasteiger partial charge in [-0.3, -0.25) is 0 Å². The van der Waals surface area contributed by atoms with Gasteiger partial charge in [0.2, 0.25) is 0 Å². The average Bonchev–Trinajstić information content (AvgIpc) is 2.20. The van der Waals surface area contributed by atoms with E-state index in [1.54, 1.807) is 0 Å². The normalized spacial score (nSPS) is 11.5. The summed E-state index contributed by atoms with van der Waals surface area (Å²) in [7, 11) is 1.96. The van der Waals surface area contributed by atoms with E-state index in [2.05, 4.69) is 42.6 Å². The Balaban J connectivity index is 0.00000196. The maximum Gasteiger partial charge on any atom is 0.0161 e. The van der Waals surface area contributed by atoms with Crippen molar-refractivity contribution in [2.75, 3.05) is 13.6 Å². The van der Waals surface area contributed by atoms with Crippen LogP contribution in [-0.2, 0) is 0 Å². The van der Waals surface area contributed by atoms with Gasteiger partial charge in [0.05, 0.1) is 0 Å². The quantitative estimate of drug-likeness (QED) is 0.738. The standard InChI is InChI=1S/C13H17N.CH4/c1-12(11-14-2)7-6-10-13-8-4-3-5-9-13;/h3-10,14H,11H2,1-2H3;1H4/b10-6+,12-7-;. The molecule has 0 spiro atoms. The minimum atomic E-state index is 0. The van der Waals surface area contributed by atoms with E-state index in [1.807, 2.05) is 25.2 Å². The lowest BCUT2D eigenvalue weighted by Crippen LogP contribution is -2.08. The zero-order chi connectivity index (χ0) is 10.2. The number of allylic oxidation sites excluding steroid dienone is 2. The smallest absolute Gasteiger partial charge is 0.0161 e. The van der Waals surface area contributed by atoms with Crippen LogP contribution in [0.5, 0.6) is 0 Å². The van der Waals surface area contributed by atoms with Crippen LogP contribution in [0.15, 0.2) is 48.1 Å². The molecule has 0 aliphatic rings. The van der Waals surface area contributed by atoms with Crippen LogP contribution >= 0.6 is 0 Å². The van der Waals surface area contributed by atoms with Crippen LogP contribution in [0.4, 0.5) is 0 Å². The minimum Gasteiger partial charge on any atom is -0.316 e. The molecule has 0 heterocycles. The van der Waals surface area contributed by atoms with Crippen molar-refractivity contribution in [3.05, 3.63) is 53.6 Å². The Hall–Kier alpha value is -1.34. The number of hydrogen-bond acceptors (Lipinski definition) is 1. The largest absolute Gasteiger partial charge is 0.316 e. The number of hydrogen-bond donors (Lipinski definition) is 1. The molecule has 0 atom stereocenters. The maximum atomic E-state index is 3.11. The minimum absolute atomic E-state index is 0. The maximum absolute atomic E-state index is 3.11. The van der Waals surface area contributed by atoms with Gasteiger partial charge in [0.15, 0.2) is 0 Å². The van der Waals surface area contributed by atoms with Gasteiger partial charge < -0.3 is 5.32 Å². The molecule has 0 bridgehead atoms. The number of nitrogens with one attached hydrogen (secondary N) is 1. The summed E-state index contributed by atoms with van der Waals surface area (Å²) in [5, 5.41) is 3.11. The summed E-state index contributed by atoms with van der Waals surface area (Å²) < 4.78 is 0. The Morgan fingerprint density at radius 2 is 1.93 bits per heavy atom. The molecular weight excluding hydrogens is 182 g/mol. The summed E-state index contributed by atoms with van der Waals surface area (Å²) in [4.78, 5) is 0. The summed E-state index contributed by atoms with van der Waals surface area (Å²) in [5.41, 5.74) is 2.57. The molecule has 0 saturated carbocycles. The summed E-state index contributed by atoms with van der Waals surface area (Å²) in [6, 6.07) is 10.3. The zero-order valence-corrected chi connectivity index (χ0v) is 8.83. The van der Waals surface area contributed by atoms with Gasteiger partial charge in [0.1, 0.15) is 0 Å². The highest BCUT2D eigenvalue weighted by Gasteiger charge is 1.83. The van der Waals surface area contributed by atoms with Crippen molar-refractivity contribution >= 4 is 6.08 Å². The molecule has 1 aromatic carbocycles. The van der Waals surface area contributed by atoms with E-state index in [9.17, 15) is 0 Å². The van der Waals surface area contributed by atoms with Gasteiger partial charge in [-0.2, -0.15) is 0 Å². The summed E-state index contributed by atoms with van der Waals surface area (Å²) >= 11 is 0. The van der Waals surface area contributed by atoms with Crippen LogP contribution in [0.25, 0.3) is 6.08 Å². The van der Waals surface area contributed by atoms with Crippen LogP contribution in [0.3, 0.4) is 0 Å². The molecule has 1 nitrogen and oxygen atoms in total. The molecular formula is C14H21N. The highest BCUT2D eigenvalue weighted by atomic mass is 14.8. The van der Waals surface area contributed by atoms with Crippen LogP contribution < -0.4 is 5.32 Å². The topological polar surface area (TPSA) is 12.0 Å². The van der Waals surface area contributed by atoms with Crippen molar-refractivity contribution in [1.29, 1.82) is 0 Å². The second-order valence-corrected chi connectivity index (χ2v) is 3.31. The van der Waals surface area contributed by atoms with Crippen molar-refractivity contribution in [3.63, 3.8) is 0 Å². The van der Waals surface area contributed by atoms with Crippen LogP contribution in [-0.4, -0.2) is 13.6 Å². The first-order chi connectivity index (χ1) is 6.83. The first kappa shape index (κ1) is 13.7. The zero-order valence-electron chi connectivity index (χ0n) is 8.83. The lowest BCUT2D eigenvalue weighted by atomic mass is 10.2. The van der Waals surface area contributed by atoms with E-state index in [0.717, 1.165) is 6.54 Å². The van der Waals surface area contributed by atoms with Gasteiger partial charge in [-0.1, -0.05) is 61.6 Å². The summed E-state index contributed by atoms with van der Waals surface area (Å²) in [6.45, 7) is 3.06. The third-order valence-electron chi connectivity index (χ3n) is 1.92. The summed E-state index contributed by atoms with van der Waals surface area (Å²) in [5.74, 6) is 0. The molecule has 1 aromatic rings. The van der Waals surface area contributed by atoms with Gasteiger partial charge in [0, 0.05) is 6.54 Å². The second-order valence-electron chi connectivity index (χ2n) is 3.31. The van der Waals surface area contributed by atoms with Crippen molar-refractivity contribution in [3.8, 4) is 0 Å². The highest BCUT2D eigenvalue weighted by Crippen LogP contribution is 2.01. The molecule has 0 aliphatic heterocycles. The van der Waals surface area contributed by atoms with E-state index >= 15 is 0 Å². The van der Waals surface area contributed by atoms with Gasteiger partial charge in [-0.05, 0) is 19.5 Å². The predicted molar refractivity (Wildman–Crippen MR) is 69.9 cm³/mol. The Morgan fingerprint density at radius 1 is 1.27 bits per heavy atom. The molecule has 0 unspecified atom stereocenters. The van der Waals surface area contributed by atoms with Crippen molar-refractivity contribution in [2.24, 2.45) is 0 Å². The van der Waals surface area contributed by atoms with E-state index in [0.29, 0.717) is 0 Å². The molecule has 15 heavy (non-hydrogen) atoms. The van der Waals surface area contributed by atoms with Crippen molar-refractivity contribution in [2.45, 2.75) is 14.4 Å².